The van der Waals surface area contributed by atoms with E-state index < -0.39 is 0 Å². The molecule has 0 saturated carbocycles. The van der Waals surface area contributed by atoms with Gasteiger partial charge in [-0.1, -0.05) is 19.1 Å². The minimum Gasteiger partial charge on any atom is -0.350 e. The van der Waals surface area contributed by atoms with Crippen LogP contribution in [-0.4, -0.2) is 16.1 Å². The lowest BCUT2D eigenvalue weighted by Crippen LogP contribution is -2.17. The van der Waals surface area contributed by atoms with Crippen LogP contribution in [0, 0.1) is 0 Å². The Morgan fingerprint density at radius 3 is 3.00 bits per heavy atom. The summed E-state index contributed by atoms with van der Waals surface area (Å²) < 4.78 is 2.24. The molecule has 0 amide bonds. The highest BCUT2D eigenvalue weighted by atomic mass is 15.0. The van der Waals surface area contributed by atoms with E-state index in [1.165, 1.54) is 16.5 Å². The molecule has 0 fully saturated rings. The van der Waals surface area contributed by atoms with Crippen LogP contribution < -0.4 is 5.32 Å². The molecule has 108 valence electrons. The van der Waals surface area contributed by atoms with Gasteiger partial charge in [0.15, 0.2) is 0 Å². The standard InChI is InChI=1S/C18H21N3/c1-3-19-14(2)17-8-10-21(13-17)12-15-6-7-18-16(11-15)5-4-9-20-18/h4-11,13-14,19H,3,12H2,1-2H3. The Balaban J connectivity index is 1.78. The third-order valence-corrected chi connectivity index (χ3v) is 3.82. The second-order valence-corrected chi connectivity index (χ2v) is 5.43. The predicted molar refractivity (Wildman–Crippen MR) is 87.4 cm³/mol. The van der Waals surface area contributed by atoms with Gasteiger partial charge >= 0.3 is 0 Å². The maximum absolute atomic E-state index is 4.36. The summed E-state index contributed by atoms with van der Waals surface area (Å²) in [7, 11) is 0. The van der Waals surface area contributed by atoms with Crippen molar-refractivity contribution in [3.63, 3.8) is 0 Å². The van der Waals surface area contributed by atoms with E-state index in [4.69, 9.17) is 0 Å². The summed E-state index contributed by atoms with van der Waals surface area (Å²) in [6, 6.07) is 13.2. The first-order chi connectivity index (χ1) is 10.3. The van der Waals surface area contributed by atoms with Crippen LogP contribution >= 0.6 is 0 Å². The van der Waals surface area contributed by atoms with Gasteiger partial charge in [0.1, 0.15) is 0 Å². The third-order valence-electron chi connectivity index (χ3n) is 3.82. The summed E-state index contributed by atoms with van der Waals surface area (Å²) in [4.78, 5) is 4.36. The summed E-state index contributed by atoms with van der Waals surface area (Å²) >= 11 is 0. The highest BCUT2D eigenvalue weighted by Gasteiger charge is 2.05. The molecule has 2 aromatic heterocycles. The molecular formula is C18H21N3. The summed E-state index contributed by atoms with van der Waals surface area (Å²) in [5.74, 6) is 0. The highest BCUT2D eigenvalue weighted by molar-refractivity contribution is 5.78. The molecular weight excluding hydrogens is 258 g/mol. The number of pyridine rings is 1. The number of benzene rings is 1. The summed E-state index contributed by atoms with van der Waals surface area (Å²) in [5, 5.41) is 4.64. The second kappa shape index (κ2) is 6.10. The molecule has 1 unspecified atom stereocenters. The molecule has 0 aliphatic heterocycles. The predicted octanol–water partition coefficient (Wildman–Crippen LogP) is 3.76. The van der Waals surface area contributed by atoms with E-state index in [9.17, 15) is 0 Å². The van der Waals surface area contributed by atoms with Gasteiger partial charge in [0.25, 0.3) is 0 Å². The van der Waals surface area contributed by atoms with Crippen LogP contribution in [0.15, 0.2) is 55.0 Å². The lowest BCUT2D eigenvalue weighted by atomic mass is 10.1. The van der Waals surface area contributed by atoms with E-state index in [0.717, 1.165) is 18.6 Å². The van der Waals surface area contributed by atoms with Crippen LogP contribution in [0.5, 0.6) is 0 Å². The van der Waals surface area contributed by atoms with Gasteiger partial charge in [-0.15, -0.1) is 0 Å². The third kappa shape index (κ3) is 3.14. The fourth-order valence-electron chi connectivity index (χ4n) is 2.67. The summed E-state index contributed by atoms with van der Waals surface area (Å²) in [6.07, 6.45) is 6.21. The van der Waals surface area contributed by atoms with Crippen molar-refractivity contribution in [3.05, 3.63) is 66.1 Å². The molecule has 21 heavy (non-hydrogen) atoms. The van der Waals surface area contributed by atoms with Crippen LogP contribution in [-0.2, 0) is 6.54 Å². The van der Waals surface area contributed by atoms with Gasteiger partial charge in [0.05, 0.1) is 5.52 Å². The van der Waals surface area contributed by atoms with Gasteiger partial charge in [-0.2, -0.15) is 0 Å². The zero-order chi connectivity index (χ0) is 14.7. The topological polar surface area (TPSA) is 29.9 Å². The zero-order valence-electron chi connectivity index (χ0n) is 12.6. The molecule has 3 aromatic rings. The molecule has 0 spiro atoms. The fraction of sp³-hybridized carbons (Fsp3) is 0.278. The molecule has 0 aliphatic rings. The SMILES string of the molecule is CCNC(C)c1ccn(Cc2ccc3ncccc3c2)c1. The molecule has 1 aromatic carbocycles. The molecule has 3 nitrogen and oxygen atoms in total. The van der Waals surface area contributed by atoms with Crippen molar-refractivity contribution < 1.29 is 0 Å². The summed E-state index contributed by atoms with van der Waals surface area (Å²) in [6.45, 7) is 6.22. The monoisotopic (exact) mass is 279 g/mol. The van der Waals surface area contributed by atoms with E-state index >= 15 is 0 Å². The molecule has 1 atom stereocenters. The van der Waals surface area contributed by atoms with Crippen molar-refractivity contribution in [2.24, 2.45) is 0 Å². The maximum atomic E-state index is 4.36. The first-order valence-corrected chi connectivity index (χ1v) is 7.49. The van der Waals surface area contributed by atoms with Gasteiger partial charge in [0.2, 0.25) is 0 Å². The van der Waals surface area contributed by atoms with E-state index in [-0.39, 0.29) is 0 Å². The Labute approximate surface area is 125 Å². The molecule has 1 N–H and O–H groups in total. The number of aromatic nitrogens is 2. The van der Waals surface area contributed by atoms with Crippen molar-refractivity contribution in [3.8, 4) is 0 Å². The van der Waals surface area contributed by atoms with E-state index in [1.807, 2.05) is 12.3 Å². The lowest BCUT2D eigenvalue weighted by molar-refractivity contribution is 0.596. The van der Waals surface area contributed by atoms with Gasteiger partial charge in [-0.05, 0) is 48.9 Å². The largest absolute Gasteiger partial charge is 0.350 e. The van der Waals surface area contributed by atoms with Crippen LogP contribution in [0.2, 0.25) is 0 Å². The van der Waals surface area contributed by atoms with Gasteiger partial charge in [-0.25, -0.2) is 0 Å². The Hall–Kier alpha value is -2.13. The quantitative estimate of drug-likeness (QED) is 0.770. The molecule has 0 saturated heterocycles. The minimum absolute atomic E-state index is 0.400. The lowest BCUT2D eigenvalue weighted by Gasteiger charge is -2.10. The van der Waals surface area contributed by atoms with Gasteiger partial charge in [-0.3, -0.25) is 4.98 Å². The highest BCUT2D eigenvalue weighted by Crippen LogP contribution is 2.16. The first kappa shape index (κ1) is 13.8. The maximum Gasteiger partial charge on any atom is 0.0702 e. The second-order valence-electron chi connectivity index (χ2n) is 5.43. The van der Waals surface area contributed by atoms with Crippen LogP contribution in [0.1, 0.15) is 31.0 Å². The van der Waals surface area contributed by atoms with Crippen molar-refractivity contribution in [1.29, 1.82) is 0 Å². The van der Waals surface area contributed by atoms with Crippen molar-refractivity contribution in [1.82, 2.24) is 14.9 Å². The van der Waals surface area contributed by atoms with Crippen LogP contribution in [0.3, 0.4) is 0 Å². The van der Waals surface area contributed by atoms with Gasteiger partial charge < -0.3 is 9.88 Å². The van der Waals surface area contributed by atoms with E-state index in [0.29, 0.717) is 6.04 Å². The van der Waals surface area contributed by atoms with Crippen molar-refractivity contribution in [2.75, 3.05) is 6.54 Å². The number of nitrogens with zero attached hydrogens (tertiary/aromatic N) is 2. The average Bonchev–Trinajstić information content (AvgIpc) is 2.96. The smallest absolute Gasteiger partial charge is 0.0702 e. The van der Waals surface area contributed by atoms with Crippen molar-refractivity contribution >= 4 is 10.9 Å². The minimum atomic E-state index is 0.400. The normalized spacial score (nSPS) is 12.7. The number of hydrogen-bond acceptors (Lipinski definition) is 2. The summed E-state index contributed by atoms with van der Waals surface area (Å²) in [5.41, 5.74) is 3.68. The number of fused-ring (bicyclic) bond motifs is 1. The zero-order valence-corrected chi connectivity index (χ0v) is 12.6. The average molecular weight is 279 g/mol. The van der Waals surface area contributed by atoms with Crippen LogP contribution in [0.25, 0.3) is 10.9 Å². The van der Waals surface area contributed by atoms with Crippen LogP contribution in [0.4, 0.5) is 0 Å². The van der Waals surface area contributed by atoms with Gasteiger partial charge in [0, 0.05) is 36.6 Å². The molecule has 3 rings (SSSR count). The molecule has 0 aliphatic carbocycles. The molecule has 3 heteroatoms. The van der Waals surface area contributed by atoms with E-state index in [1.54, 1.807) is 0 Å². The Kier molecular flexibility index (Phi) is 4.02. The van der Waals surface area contributed by atoms with E-state index in [2.05, 4.69) is 71.4 Å². The first-order valence-electron chi connectivity index (χ1n) is 7.49. The number of rotatable bonds is 5. The van der Waals surface area contributed by atoms with Crippen molar-refractivity contribution in [2.45, 2.75) is 26.4 Å². The fourth-order valence-corrected chi connectivity index (χ4v) is 2.67. The molecule has 0 radical (unpaired) electrons. The Morgan fingerprint density at radius 1 is 1.24 bits per heavy atom. The number of hydrogen-bond donors (Lipinski definition) is 1. The molecule has 0 bridgehead atoms. The number of nitrogens with one attached hydrogen (secondary N) is 1. The molecule has 2 heterocycles. The Bertz CT molecular complexity index is 730. The Morgan fingerprint density at radius 2 is 2.14 bits per heavy atom.